The van der Waals surface area contributed by atoms with Gasteiger partial charge in [0.25, 0.3) is 5.91 Å². The van der Waals surface area contributed by atoms with Crippen LogP contribution in [0.15, 0.2) is 22.0 Å². The Hall–Kier alpha value is -2.79. The van der Waals surface area contributed by atoms with Crippen molar-refractivity contribution in [3.63, 3.8) is 0 Å². The normalized spacial score (nSPS) is 21.1. The van der Waals surface area contributed by atoms with E-state index in [1.54, 1.807) is 16.2 Å². The van der Waals surface area contributed by atoms with Gasteiger partial charge in [-0.1, -0.05) is 30.5 Å². The lowest BCUT2D eigenvalue weighted by Crippen LogP contribution is -2.49. The molecule has 176 valence electrons. The maximum Gasteiger partial charge on any atom is 0.325 e. The number of hydrogen-bond donors (Lipinski definition) is 1. The predicted octanol–water partition coefficient (Wildman–Crippen LogP) is 2.09. The van der Waals surface area contributed by atoms with Crippen molar-refractivity contribution in [1.29, 1.82) is 0 Å². The Labute approximate surface area is 195 Å². The summed E-state index contributed by atoms with van der Waals surface area (Å²) in [4.78, 5) is 48.6. The third-order valence-electron chi connectivity index (χ3n) is 6.80. The monoisotopic (exact) mass is 472 g/mol. The Bertz CT molecular complexity index is 1010. The maximum absolute atomic E-state index is 12.9. The minimum Gasteiger partial charge on any atom is -0.340 e. The van der Waals surface area contributed by atoms with E-state index in [4.69, 9.17) is 4.52 Å². The van der Waals surface area contributed by atoms with Crippen molar-refractivity contribution < 1.29 is 18.9 Å². The van der Waals surface area contributed by atoms with Gasteiger partial charge in [-0.25, -0.2) is 4.79 Å². The number of urea groups is 1. The summed E-state index contributed by atoms with van der Waals surface area (Å²) in [5.74, 6) is 0.974. The van der Waals surface area contributed by atoms with E-state index in [1.165, 1.54) is 4.90 Å². The van der Waals surface area contributed by atoms with Gasteiger partial charge in [0.05, 0.1) is 11.4 Å². The van der Waals surface area contributed by atoms with Crippen LogP contribution in [0.1, 0.15) is 44.4 Å². The van der Waals surface area contributed by atoms with Gasteiger partial charge in [0.1, 0.15) is 5.54 Å². The molecule has 1 N–H and O–H groups in total. The van der Waals surface area contributed by atoms with Gasteiger partial charge in [-0.2, -0.15) is 4.98 Å². The summed E-state index contributed by atoms with van der Waals surface area (Å²) in [7, 11) is 0. The molecule has 4 heterocycles. The smallest absolute Gasteiger partial charge is 0.325 e. The number of aromatic nitrogens is 2. The van der Waals surface area contributed by atoms with Gasteiger partial charge >= 0.3 is 6.03 Å². The predicted molar refractivity (Wildman–Crippen MR) is 120 cm³/mol. The number of thiophene rings is 1. The summed E-state index contributed by atoms with van der Waals surface area (Å²) in [6.07, 6.45) is 4.53. The second kappa shape index (κ2) is 9.22. The first-order valence-electron chi connectivity index (χ1n) is 11.5. The van der Waals surface area contributed by atoms with E-state index >= 15 is 0 Å². The summed E-state index contributed by atoms with van der Waals surface area (Å²) >= 11 is 1.57. The van der Waals surface area contributed by atoms with Gasteiger partial charge in [-0.3, -0.25) is 19.4 Å². The van der Waals surface area contributed by atoms with E-state index in [0.29, 0.717) is 57.3 Å². The summed E-state index contributed by atoms with van der Waals surface area (Å²) in [6, 6.07) is 3.55. The molecule has 1 saturated carbocycles. The first-order chi connectivity index (χ1) is 16.0. The minimum atomic E-state index is -0.734. The van der Waals surface area contributed by atoms with E-state index in [-0.39, 0.29) is 30.8 Å². The number of carbonyl (C=O) groups excluding carboxylic acids is 3. The lowest BCUT2D eigenvalue weighted by molar-refractivity contribution is -0.135. The van der Waals surface area contributed by atoms with Crippen LogP contribution >= 0.6 is 11.3 Å². The van der Waals surface area contributed by atoms with Crippen molar-refractivity contribution in [2.75, 3.05) is 32.7 Å². The highest BCUT2D eigenvalue weighted by atomic mass is 32.1. The molecule has 2 aliphatic heterocycles. The minimum absolute atomic E-state index is 0.0300. The van der Waals surface area contributed by atoms with Crippen LogP contribution in [-0.4, -0.2) is 80.9 Å². The fourth-order valence-electron chi connectivity index (χ4n) is 4.91. The van der Waals surface area contributed by atoms with Crippen LogP contribution < -0.4 is 5.32 Å². The highest BCUT2D eigenvalue weighted by Crippen LogP contribution is 2.33. The van der Waals surface area contributed by atoms with Crippen molar-refractivity contribution in [3.8, 4) is 10.7 Å². The Morgan fingerprint density at radius 1 is 1.15 bits per heavy atom. The molecule has 0 atom stereocenters. The van der Waals surface area contributed by atoms with Gasteiger partial charge in [-0.15, -0.1) is 11.3 Å². The SMILES string of the molecule is O=C(CCN1C(=O)NC2(CCCCC2)C1=O)N1CCN(Cc2nc(-c3cccs3)no2)CC1. The van der Waals surface area contributed by atoms with Crippen LogP contribution in [0.2, 0.25) is 0 Å². The molecule has 3 fully saturated rings. The molecule has 33 heavy (non-hydrogen) atoms. The van der Waals surface area contributed by atoms with Crippen molar-refractivity contribution in [2.24, 2.45) is 0 Å². The van der Waals surface area contributed by atoms with Crippen LogP contribution in [-0.2, 0) is 16.1 Å². The van der Waals surface area contributed by atoms with E-state index in [0.717, 1.165) is 24.1 Å². The molecule has 2 saturated heterocycles. The molecule has 11 heteroatoms. The van der Waals surface area contributed by atoms with E-state index in [9.17, 15) is 14.4 Å². The van der Waals surface area contributed by atoms with Crippen LogP contribution in [0.4, 0.5) is 4.79 Å². The molecular formula is C22H28N6O4S. The fourth-order valence-corrected chi connectivity index (χ4v) is 5.56. The number of piperazine rings is 1. The van der Waals surface area contributed by atoms with Crippen molar-refractivity contribution in [1.82, 2.24) is 30.2 Å². The number of nitrogens with one attached hydrogen (secondary N) is 1. The van der Waals surface area contributed by atoms with Crippen LogP contribution in [0.5, 0.6) is 0 Å². The Morgan fingerprint density at radius 3 is 2.67 bits per heavy atom. The fraction of sp³-hybridized carbons (Fsp3) is 0.591. The zero-order valence-electron chi connectivity index (χ0n) is 18.5. The van der Waals surface area contributed by atoms with Crippen LogP contribution in [0.3, 0.4) is 0 Å². The second-order valence-corrected chi connectivity index (χ2v) is 9.87. The summed E-state index contributed by atoms with van der Waals surface area (Å²) in [5.41, 5.74) is -0.734. The lowest BCUT2D eigenvalue weighted by atomic mass is 9.82. The summed E-state index contributed by atoms with van der Waals surface area (Å²) in [5, 5.41) is 8.91. The molecule has 0 radical (unpaired) electrons. The van der Waals surface area contributed by atoms with Crippen molar-refractivity contribution >= 4 is 29.2 Å². The largest absolute Gasteiger partial charge is 0.340 e. The molecule has 3 aliphatic rings. The third kappa shape index (κ3) is 4.51. The average molecular weight is 473 g/mol. The number of nitrogens with zero attached hydrogens (tertiary/aromatic N) is 5. The number of rotatable bonds is 6. The van der Waals surface area contributed by atoms with E-state index in [1.807, 2.05) is 17.5 Å². The summed E-state index contributed by atoms with van der Waals surface area (Å²) in [6.45, 7) is 3.27. The standard InChI is InChI=1S/C22H28N6O4S/c29-18(6-9-28-20(30)22(24-21(28)31)7-2-1-3-8-22)27-12-10-26(11-13-27)15-17-23-19(25-32-17)16-5-4-14-33-16/h4-5,14H,1-3,6-13,15H2,(H,24,31). The van der Waals surface area contributed by atoms with E-state index in [2.05, 4.69) is 20.4 Å². The third-order valence-corrected chi connectivity index (χ3v) is 7.66. The number of amides is 4. The van der Waals surface area contributed by atoms with E-state index < -0.39 is 5.54 Å². The molecular weight excluding hydrogens is 444 g/mol. The average Bonchev–Trinajstić information content (AvgIpc) is 3.56. The van der Waals surface area contributed by atoms with Gasteiger partial charge in [0.2, 0.25) is 17.6 Å². The Balaban J connectivity index is 1.08. The molecule has 0 aromatic carbocycles. The number of carbonyl (C=O) groups is 3. The van der Waals surface area contributed by atoms with Crippen LogP contribution in [0, 0.1) is 0 Å². The molecule has 0 bridgehead atoms. The first-order valence-corrected chi connectivity index (χ1v) is 12.4. The molecule has 1 spiro atoms. The number of imide groups is 1. The molecule has 5 rings (SSSR count). The zero-order chi connectivity index (χ0) is 22.8. The van der Waals surface area contributed by atoms with Gasteiger partial charge < -0.3 is 14.7 Å². The highest BCUT2D eigenvalue weighted by Gasteiger charge is 2.51. The summed E-state index contributed by atoms with van der Waals surface area (Å²) < 4.78 is 5.38. The molecule has 4 amide bonds. The zero-order valence-corrected chi connectivity index (χ0v) is 19.3. The van der Waals surface area contributed by atoms with Crippen molar-refractivity contribution in [2.45, 2.75) is 50.6 Å². The van der Waals surface area contributed by atoms with Gasteiger partial charge in [0, 0.05) is 39.1 Å². The van der Waals surface area contributed by atoms with Gasteiger partial charge in [-0.05, 0) is 24.3 Å². The van der Waals surface area contributed by atoms with Crippen LogP contribution in [0.25, 0.3) is 10.7 Å². The molecule has 0 unspecified atom stereocenters. The number of hydrogen-bond acceptors (Lipinski definition) is 8. The molecule has 2 aromatic heterocycles. The molecule has 2 aromatic rings. The van der Waals surface area contributed by atoms with Crippen molar-refractivity contribution in [3.05, 3.63) is 23.4 Å². The van der Waals surface area contributed by atoms with Gasteiger partial charge in [0.15, 0.2) is 0 Å². The Morgan fingerprint density at radius 2 is 1.94 bits per heavy atom. The lowest BCUT2D eigenvalue weighted by Gasteiger charge is -2.34. The quantitative estimate of drug-likeness (QED) is 0.641. The topological polar surface area (TPSA) is 112 Å². The second-order valence-electron chi connectivity index (χ2n) is 8.93. The first kappa shape index (κ1) is 22.0. The molecule has 1 aliphatic carbocycles. The molecule has 10 nitrogen and oxygen atoms in total. The maximum atomic E-state index is 12.9. The highest BCUT2D eigenvalue weighted by molar-refractivity contribution is 7.13. The Kier molecular flexibility index (Phi) is 6.15.